The van der Waals surface area contributed by atoms with Crippen LogP contribution in [-0.2, 0) is 0 Å². The van der Waals surface area contributed by atoms with Gasteiger partial charge in [-0.25, -0.2) is 9.97 Å². The fourth-order valence-electron chi connectivity index (χ4n) is 1.31. The molecule has 1 aromatic carbocycles. The van der Waals surface area contributed by atoms with Crippen molar-refractivity contribution in [1.82, 2.24) is 9.97 Å². The van der Waals surface area contributed by atoms with Crippen molar-refractivity contribution >= 4 is 23.4 Å². The molecule has 4 heteroatoms. The van der Waals surface area contributed by atoms with Crippen LogP contribution in [0.5, 0.6) is 0 Å². The molecule has 2 nitrogen and oxygen atoms in total. The van der Waals surface area contributed by atoms with Crippen molar-refractivity contribution in [2.45, 2.75) is 23.8 Å². The van der Waals surface area contributed by atoms with Gasteiger partial charge in [-0.15, -0.1) is 0 Å². The third-order valence-corrected chi connectivity index (χ3v) is 3.44. The monoisotopic (exact) mass is 250 g/mol. The van der Waals surface area contributed by atoms with E-state index in [9.17, 15) is 0 Å². The lowest BCUT2D eigenvalue weighted by Gasteiger charge is -2.05. The Morgan fingerprint density at radius 3 is 2.75 bits per heavy atom. The summed E-state index contributed by atoms with van der Waals surface area (Å²) in [5, 5.41) is 1.16. The topological polar surface area (TPSA) is 25.8 Å². The van der Waals surface area contributed by atoms with Crippen molar-refractivity contribution in [2.24, 2.45) is 0 Å². The number of hydrogen-bond acceptors (Lipinski definition) is 3. The number of halogens is 1. The summed E-state index contributed by atoms with van der Waals surface area (Å²) in [7, 11) is 0. The summed E-state index contributed by atoms with van der Waals surface area (Å²) < 4.78 is 0. The molecule has 2 rings (SSSR count). The number of aryl methyl sites for hydroxylation is 2. The highest BCUT2D eigenvalue weighted by molar-refractivity contribution is 7.99. The predicted octanol–water partition coefficient (Wildman–Crippen LogP) is 3.90. The summed E-state index contributed by atoms with van der Waals surface area (Å²) in [6.07, 6.45) is 1.67. The highest BCUT2D eigenvalue weighted by Crippen LogP contribution is 2.29. The third-order valence-electron chi connectivity index (χ3n) is 2.16. The Bertz CT molecular complexity index is 514. The maximum Gasteiger partial charge on any atom is 0.223 e. The first-order valence-electron chi connectivity index (χ1n) is 4.89. The van der Waals surface area contributed by atoms with Crippen molar-refractivity contribution in [3.63, 3.8) is 0 Å². The molecule has 0 unspecified atom stereocenters. The Balaban J connectivity index is 2.30. The number of nitrogens with zero attached hydrogens (tertiary/aromatic N) is 2. The van der Waals surface area contributed by atoms with Crippen molar-refractivity contribution < 1.29 is 0 Å². The summed E-state index contributed by atoms with van der Waals surface area (Å²) in [5.74, 6) is 0. The summed E-state index contributed by atoms with van der Waals surface area (Å²) in [5.41, 5.74) is 2.48. The maximum absolute atomic E-state index is 5.75. The van der Waals surface area contributed by atoms with Gasteiger partial charge in [0.2, 0.25) is 5.28 Å². The van der Waals surface area contributed by atoms with Crippen LogP contribution in [0.2, 0.25) is 5.28 Å². The molecule has 0 saturated carbocycles. The van der Waals surface area contributed by atoms with E-state index in [0.29, 0.717) is 0 Å². The van der Waals surface area contributed by atoms with Crippen molar-refractivity contribution in [3.8, 4) is 0 Å². The van der Waals surface area contributed by atoms with E-state index in [1.165, 1.54) is 16.0 Å². The molecule has 0 radical (unpaired) electrons. The molecule has 0 aliphatic rings. The third kappa shape index (κ3) is 2.74. The van der Waals surface area contributed by atoms with Gasteiger partial charge >= 0.3 is 0 Å². The van der Waals surface area contributed by atoms with Gasteiger partial charge in [-0.3, -0.25) is 0 Å². The molecular formula is C12H11ClN2S. The molecule has 82 valence electrons. The van der Waals surface area contributed by atoms with Crippen LogP contribution in [-0.4, -0.2) is 9.97 Å². The average Bonchev–Trinajstić information content (AvgIpc) is 2.24. The van der Waals surface area contributed by atoms with Crippen LogP contribution in [0.15, 0.2) is 40.4 Å². The first-order chi connectivity index (χ1) is 7.65. The molecule has 0 amide bonds. The van der Waals surface area contributed by atoms with Gasteiger partial charge in [-0.1, -0.05) is 23.9 Å². The Morgan fingerprint density at radius 1 is 1.19 bits per heavy atom. The van der Waals surface area contributed by atoms with Gasteiger partial charge in [0, 0.05) is 11.1 Å². The first-order valence-corrected chi connectivity index (χ1v) is 6.08. The zero-order chi connectivity index (χ0) is 11.5. The van der Waals surface area contributed by atoms with Crippen LogP contribution in [0.4, 0.5) is 0 Å². The lowest BCUT2D eigenvalue weighted by molar-refractivity contribution is 1.05. The minimum atomic E-state index is 0.287. The highest BCUT2D eigenvalue weighted by atomic mass is 35.5. The molecule has 0 aliphatic carbocycles. The van der Waals surface area contributed by atoms with Crippen LogP contribution in [0.3, 0.4) is 0 Å². The molecule has 0 fully saturated rings. The summed E-state index contributed by atoms with van der Waals surface area (Å²) in [4.78, 5) is 9.22. The molecule has 2 aromatic rings. The second-order valence-electron chi connectivity index (χ2n) is 3.53. The van der Waals surface area contributed by atoms with Gasteiger partial charge in [0.25, 0.3) is 0 Å². The van der Waals surface area contributed by atoms with E-state index in [0.717, 1.165) is 5.03 Å². The Labute approximate surface area is 104 Å². The Hall–Kier alpha value is -1.06. The van der Waals surface area contributed by atoms with E-state index < -0.39 is 0 Å². The Morgan fingerprint density at radius 2 is 2.00 bits per heavy atom. The van der Waals surface area contributed by atoms with E-state index >= 15 is 0 Å². The quantitative estimate of drug-likeness (QED) is 0.597. The summed E-state index contributed by atoms with van der Waals surface area (Å²) in [6.45, 7) is 4.17. The first kappa shape index (κ1) is 11.4. The summed E-state index contributed by atoms with van der Waals surface area (Å²) >= 11 is 7.35. The smallest absolute Gasteiger partial charge is 0.223 e. The zero-order valence-corrected chi connectivity index (χ0v) is 10.6. The van der Waals surface area contributed by atoms with E-state index in [2.05, 4.69) is 42.0 Å². The fourth-order valence-corrected chi connectivity index (χ4v) is 2.46. The molecule has 0 spiro atoms. The van der Waals surface area contributed by atoms with Gasteiger partial charge in [-0.2, -0.15) is 0 Å². The number of benzene rings is 1. The van der Waals surface area contributed by atoms with Gasteiger partial charge in [0.15, 0.2) is 0 Å². The molecular weight excluding hydrogens is 240 g/mol. The second-order valence-corrected chi connectivity index (χ2v) is 4.94. The molecule has 0 bridgehead atoms. The molecule has 16 heavy (non-hydrogen) atoms. The largest absolute Gasteiger partial charge is 0.226 e. The molecule has 1 aromatic heterocycles. The minimum absolute atomic E-state index is 0.287. The van der Waals surface area contributed by atoms with Crippen LogP contribution >= 0.6 is 23.4 Å². The van der Waals surface area contributed by atoms with Crippen molar-refractivity contribution in [2.75, 3.05) is 0 Å². The second kappa shape index (κ2) is 4.85. The molecule has 1 heterocycles. The molecule has 0 atom stereocenters. The highest BCUT2D eigenvalue weighted by Gasteiger charge is 2.03. The maximum atomic E-state index is 5.75. The van der Waals surface area contributed by atoms with Crippen LogP contribution in [0.25, 0.3) is 0 Å². The normalized spacial score (nSPS) is 10.4. The lowest BCUT2D eigenvalue weighted by Crippen LogP contribution is -1.86. The van der Waals surface area contributed by atoms with E-state index in [1.807, 2.05) is 6.07 Å². The average molecular weight is 251 g/mol. The van der Waals surface area contributed by atoms with Gasteiger partial charge in [0.05, 0.1) is 0 Å². The van der Waals surface area contributed by atoms with E-state index in [1.54, 1.807) is 18.0 Å². The number of rotatable bonds is 2. The standard InChI is InChI=1S/C12H11ClN2S/c1-8-3-4-9(2)10(7-8)16-11-5-6-14-12(13)15-11/h3-7H,1-2H3. The molecule has 0 saturated heterocycles. The zero-order valence-electron chi connectivity index (χ0n) is 9.07. The van der Waals surface area contributed by atoms with Crippen molar-refractivity contribution in [1.29, 1.82) is 0 Å². The minimum Gasteiger partial charge on any atom is -0.226 e. The lowest BCUT2D eigenvalue weighted by atomic mass is 10.2. The SMILES string of the molecule is Cc1ccc(C)c(Sc2ccnc(Cl)n2)c1. The van der Waals surface area contributed by atoms with Crippen LogP contribution in [0, 0.1) is 13.8 Å². The van der Waals surface area contributed by atoms with Gasteiger partial charge in [0.1, 0.15) is 5.03 Å². The molecule has 0 N–H and O–H groups in total. The number of hydrogen-bond donors (Lipinski definition) is 0. The van der Waals surface area contributed by atoms with Crippen LogP contribution < -0.4 is 0 Å². The van der Waals surface area contributed by atoms with Crippen LogP contribution in [0.1, 0.15) is 11.1 Å². The predicted molar refractivity (Wildman–Crippen MR) is 67.1 cm³/mol. The van der Waals surface area contributed by atoms with Crippen molar-refractivity contribution in [3.05, 3.63) is 46.9 Å². The van der Waals surface area contributed by atoms with E-state index in [-0.39, 0.29) is 5.28 Å². The van der Waals surface area contributed by atoms with Gasteiger partial charge < -0.3 is 0 Å². The number of aromatic nitrogens is 2. The van der Waals surface area contributed by atoms with E-state index in [4.69, 9.17) is 11.6 Å². The summed E-state index contributed by atoms with van der Waals surface area (Å²) in [6, 6.07) is 8.22. The fraction of sp³-hybridized carbons (Fsp3) is 0.167. The Kier molecular flexibility index (Phi) is 3.46. The van der Waals surface area contributed by atoms with Gasteiger partial charge in [-0.05, 0) is 48.7 Å². The molecule has 0 aliphatic heterocycles.